The Balaban J connectivity index is 0.000000165. The molecule has 0 saturated carbocycles. The van der Waals surface area contributed by atoms with Gasteiger partial charge in [0.05, 0.1) is 5.02 Å². The maximum Gasteiger partial charge on any atom is 0.354 e. The Morgan fingerprint density at radius 1 is 1.19 bits per heavy atom. The highest BCUT2D eigenvalue weighted by atomic mass is 35.5. The summed E-state index contributed by atoms with van der Waals surface area (Å²) in [7, 11) is 0. The number of nitrogens with zero attached hydrogens (tertiary/aromatic N) is 2. The van der Waals surface area contributed by atoms with Crippen molar-refractivity contribution in [1.29, 1.82) is 0 Å². The van der Waals surface area contributed by atoms with Crippen molar-refractivity contribution in [3.05, 3.63) is 59.6 Å². The molecular formula is C11H9ClN2O2. The maximum absolute atomic E-state index is 10.1. The Bertz CT molecular complexity index is 434. The number of aromatic carboxylic acids is 1. The van der Waals surface area contributed by atoms with Crippen molar-refractivity contribution in [2.24, 2.45) is 0 Å². The van der Waals surface area contributed by atoms with Crippen molar-refractivity contribution in [3.63, 3.8) is 0 Å². The lowest BCUT2D eigenvalue weighted by Gasteiger charge is -1.87. The molecule has 5 heteroatoms. The molecular weight excluding hydrogens is 228 g/mol. The van der Waals surface area contributed by atoms with Gasteiger partial charge in [-0.2, -0.15) is 0 Å². The lowest BCUT2D eigenvalue weighted by atomic mass is 10.4. The SMILES string of the molecule is Clc1cccnc1.O=C(O)c1ccccn1. The number of hydrogen-bond acceptors (Lipinski definition) is 3. The third-order valence-corrected chi connectivity index (χ3v) is 1.73. The summed E-state index contributed by atoms with van der Waals surface area (Å²) in [4.78, 5) is 17.5. The molecule has 16 heavy (non-hydrogen) atoms. The first-order valence-corrected chi connectivity index (χ1v) is 4.78. The number of carboxylic acids is 1. The van der Waals surface area contributed by atoms with Crippen LogP contribution in [-0.2, 0) is 0 Å². The van der Waals surface area contributed by atoms with E-state index in [1.807, 2.05) is 0 Å². The quantitative estimate of drug-likeness (QED) is 0.826. The summed E-state index contributed by atoms with van der Waals surface area (Å²) in [5.74, 6) is -0.990. The lowest BCUT2D eigenvalue weighted by Crippen LogP contribution is -1.97. The van der Waals surface area contributed by atoms with Crippen molar-refractivity contribution in [3.8, 4) is 0 Å². The van der Waals surface area contributed by atoms with E-state index in [2.05, 4.69) is 9.97 Å². The van der Waals surface area contributed by atoms with Crippen LogP contribution in [0.1, 0.15) is 10.5 Å². The monoisotopic (exact) mass is 236 g/mol. The average molecular weight is 237 g/mol. The molecule has 0 amide bonds. The average Bonchev–Trinajstić information content (AvgIpc) is 2.32. The highest BCUT2D eigenvalue weighted by molar-refractivity contribution is 6.30. The molecule has 4 nitrogen and oxygen atoms in total. The first-order chi connectivity index (χ1) is 7.70. The van der Waals surface area contributed by atoms with Crippen LogP contribution in [0.2, 0.25) is 5.02 Å². The number of hydrogen-bond donors (Lipinski definition) is 1. The smallest absolute Gasteiger partial charge is 0.354 e. The minimum absolute atomic E-state index is 0.0810. The van der Waals surface area contributed by atoms with Crippen LogP contribution in [0.3, 0.4) is 0 Å². The van der Waals surface area contributed by atoms with Gasteiger partial charge in [0.1, 0.15) is 5.69 Å². The van der Waals surface area contributed by atoms with Gasteiger partial charge in [-0.25, -0.2) is 9.78 Å². The third kappa shape index (κ3) is 4.52. The molecule has 2 heterocycles. The van der Waals surface area contributed by atoms with Gasteiger partial charge < -0.3 is 5.11 Å². The molecule has 0 unspecified atom stereocenters. The molecule has 0 aromatic carbocycles. The Labute approximate surface area is 97.6 Å². The molecule has 0 aliphatic heterocycles. The summed E-state index contributed by atoms with van der Waals surface area (Å²) >= 11 is 5.48. The molecule has 0 aliphatic carbocycles. The fraction of sp³-hybridized carbons (Fsp3) is 0. The van der Waals surface area contributed by atoms with E-state index >= 15 is 0 Å². The van der Waals surface area contributed by atoms with Crippen LogP contribution in [0, 0.1) is 0 Å². The molecule has 1 N–H and O–H groups in total. The second-order valence-corrected chi connectivity index (χ2v) is 3.13. The van der Waals surface area contributed by atoms with E-state index in [1.54, 1.807) is 36.7 Å². The van der Waals surface area contributed by atoms with Gasteiger partial charge in [0.2, 0.25) is 0 Å². The van der Waals surface area contributed by atoms with E-state index in [4.69, 9.17) is 16.7 Å². The van der Waals surface area contributed by atoms with Crippen LogP contribution in [0.5, 0.6) is 0 Å². The number of pyridine rings is 2. The van der Waals surface area contributed by atoms with Crippen LogP contribution < -0.4 is 0 Å². The highest BCUT2D eigenvalue weighted by Crippen LogP contribution is 2.01. The molecule has 0 radical (unpaired) electrons. The van der Waals surface area contributed by atoms with E-state index < -0.39 is 5.97 Å². The predicted molar refractivity (Wildman–Crippen MR) is 60.4 cm³/mol. The largest absolute Gasteiger partial charge is 0.477 e. The van der Waals surface area contributed by atoms with Crippen molar-refractivity contribution in [2.75, 3.05) is 0 Å². The van der Waals surface area contributed by atoms with Crippen molar-refractivity contribution >= 4 is 17.6 Å². The Kier molecular flexibility index (Phi) is 4.95. The van der Waals surface area contributed by atoms with Gasteiger partial charge in [-0.05, 0) is 24.3 Å². The molecule has 0 fully saturated rings. The first-order valence-electron chi connectivity index (χ1n) is 4.40. The second-order valence-electron chi connectivity index (χ2n) is 2.69. The van der Waals surface area contributed by atoms with E-state index in [-0.39, 0.29) is 5.69 Å². The molecule has 2 rings (SSSR count). The number of carbonyl (C=O) groups is 1. The zero-order valence-corrected chi connectivity index (χ0v) is 9.00. The minimum Gasteiger partial charge on any atom is -0.477 e. The van der Waals surface area contributed by atoms with Crippen LogP contribution in [0.25, 0.3) is 0 Å². The van der Waals surface area contributed by atoms with Crippen molar-refractivity contribution in [2.45, 2.75) is 0 Å². The number of aromatic nitrogens is 2. The molecule has 0 saturated heterocycles. The predicted octanol–water partition coefficient (Wildman–Crippen LogP) is 2.51. The lowest BCUT2D eigenvalue weighted by molar-refractivity contribution is 0.0690. The van der Waals surface area contributed by atoms with E-state index in [0.29, 0.717) is 5.02 Å². The summed E-state index contributed by atoms with van der Waals surface area (Å²) in [5, 5.41) is 9.01. The van der Waals surface area contributed by atoms with Gasteiger partial charge in [-0.1, -0.05) is 17.7 Å². The molecule has 2 aromatic rings. The van der Waals surface area contributed by atoms with Gasteiger partial charge >= 0.3 is 5.97 Å². The van der Waals surface area contributed by atoms with E-state index in [9.17, 15) is 4.79 Å². The van der Waals surface area contributed by atoms with Crippen LogP contribution in [-0.4, -0.2) is 21.0 Å². The summed E-state index contributed by atoms with van der Waals surface area (Å²) in [6, 6.07) is 8.34. The third-order valence-electron chi connectivity index (χ3n) is 1.51. The topological polar surface area (TPSA) is 63.1 Å². The van der Waals surface area contributed by atoms with Crippen LogP contribution >= 0.6 is 11.6 Å². The standard InChI is InChI=1S/C6H5NO2.C5H4ClN/c8-6(9)5-3-1-2-4-7-5;6-5-2-1-3-7-4-5/h1-4H,(H,8,9);1-4H. The zero-order chi connectivity index (χ0) is 11.8. The van der Waals surface area contributed by atoms with Crippen LogP contribution in [0.4, 0.5) is 0 Å². The summed E-state index contributed by atoms with van der Waals surface area (Å²) in [6.07, 6.45) is 4.73. The summed E-state index contributed by atoms with van der Waals surface area (Å²) < 4.78 is 0. The molecule has 82 valence electrons. The van der Waals surface area contributed by atoms with Gasteiger partial charge in [0.15, 0.2) is 0 Å². The van der Waals surface area contributed by atoms with E-state index in [0.717, 1.165) is 0 Å². The molecule has 0 aliphatic rings. The molecule has 2 aromatic heterocycles. The molecule has 0 bridgehead atoms. The Morgan fingerprint density at radius 3 is 2.31 bits per heavy atom. The van der Waals surface area contributed by atoms with Gasteiger partial charge in [0, 0.05) is 18.6 Å². The van der Waals surface area contributed by atoms with Gasteiger partial charge in [-0.3, -0.25) is 4.98 Å². The first kappa shape index (κ1) is 12.1. The fourth-order valence-corrected chi connectivity index (χ4v) is 0.960. The Hall–Kier alpha value is -1.94. The summed E-state index contributed by atoms with van der Waals surface area (Å²) in [5.41, 5.74) is 0.0810. The molecule has 0 spiro atoms. The number of rotatable bonds is 1. The fourth-order valence-electron chi connectivity index (χ4n) is 0.831. The zero-order valence-electron chi connectivity index (χ0n) is 8.25. The Morgan fingerprint density at radius 2 is 2.00 bits per heavy atom. The summed E-state index contributed by atoms with van der Waals surface area (Å²) in [6.45, 7) is 0. The van der Waals surface area contributed by atoms with Gasteiger partial charge in [-0.15, -0.1) is 0 Å². The van der Waals surface area contributed by atoms with E-state index in [1.165, 1.54) is 12.3 Å². The number of halogens is 1. The maximum atomic E-state index is 10.1. The second kappa shape index (κ2) is 6.53. The van der Waals surface area contributed by atoms with Crippen molar-refractivity contribution < 1.29 is 9.90 Å². The number of carboxylic acid groups (broad SMARTS) is 1. The molecule has 0 atom stereocenters. The van der Waals surface area contributed by atoms with Gasteiger partial charge in [0.25, 0.3) is 0 Å². The minimum atomic E-state index is -0.990. The highest BCUT2D eigenvalue weighted by Gasteiger charge is 1.98. The van der Waals surface area contributed by atoms with Crippen molar-refractivity contribution in [1.82, 2.24) is 9.97 Å². The van der Waals surface area contributed by atoms with Crippen LogP contribution in [0.15, 0.2) is 48.9 Å². The normalized spacial score (nSPS) is 8.81.